The van der Waals surface area contributed by atoms with Crippen molar-refractivity contribution in [2.24, 2.45) is 0 Å². The van der Waals surface area contributed by atoms with Gasteiger partial charge in [0.1, 0.15) is 23.0 Å². The van der Waals surface area contributed by atoms with Gasteiger partial charge in [-0.25, -0.2) is 4.79 Å². The summed E-state index contributed by atoms with van der Waals surface area (Å²) in [6, 6.07) is 6.76. The summed E-state index contributed by atoms with van der Waals surface area (Å²) in [7, 11) is 1.48. The lowest BCUT2D eigenvalue weighted by molar-refractivity contribution is -0.112. The summed E-state index contributed by atoms with van der Waals surface area (Å²) in [4.78, 5) is 26.3. The normalized spacial score (nSPS) is 15.2. The van der Waals surface area contributed by atoms with Crippen molar-refractivity contribution in [3.05, 3.63) is 35.0 Å². The lowest BCUT2D eigenvalue weighted by atomic mass is 10.1. The first-order chi connectivity index (χ1) is 14.1. The number of rotatable bonds is 5. The van der Waals surface area contributed by atoms with Gasteiger partial charge in [-0.05, 0) is 51.8 Å². The third kappa shape index (κ3) is 6.85. The van der Waals surface area contributed by atoms with Crippen molar-refractivity contribution >= 4 is 29.3 Å². The van der Waals surface area contributed by atoms with Crippen molar-refractivity contribution in [2.45, 2.75) is 45.3 Å². The number of ether oxygens (including phenoxy) is 2. The van der Waals surface area contributed by atoms with Gasteiger partial charge in [0.25, 0.3) is 5.91 Å². The summed E-state index contributed by atoms with van der Waals surface area (Å²) < 4.78 is 10.6. The number of hydrogen-bond donors (Lipinski definition) is 2. The second kappa shape index (κ2) is 10.2. The zero-order valence-electron chi connectivity index (χ0n) is 17.6. The lowest BCUT2D eigenvalue weighted by Crippen LogP contribution is -2.45. The van der Waals surface area contributed by atoms with Crippen LogP contribution in [0.5, 0.6) is 5.75 Å². The Morgan fingerprint density at radius 2 is 1.97 bits per heavy atom. The molecule has 1 aromatic carbocycles. The van der Waals surface area contributed by atoms with Gasteiger partial charge in [0.05, 0.1) is 12.8 Å². The number of halogens is 1. The zero-order valence-corrected chi connectivity index (χ0v) is 18.4. The number of benzene rings is 1. The van der Waals surface area contributed by atoms with E-state index in [9.17, 15) is 14.9 Å². The molecule has 162 valence electrons. The van der Waals surface area contributed by atoms with Crippen molar-refractivity contribution in [3.63, 3.8) is 0 Å². The molecule has 0 atom stereocenters. The molecule has 1 saturated heterocycles. The van der Waals surface area contributed by atoms with Gasteiger partial charge in [0.15, 0.2) is 0 Å². The quantitative estimate of drug-likeness (QED) is 0.541. The van der Waals surface area contributed by atoms with E-state index in [1.54, 1.807) is 23.1 Å². The first-order valence-corrected chi connectivity index (χ1v) is 10.00. The van der Waals surface area contributed by atoms with Crippen molar-refractivity contribution in [1.82, 2.24) is 10.2 Å². The summed E-state index contributed by atoms with van der Waals surface area (Å²) in [5, 5.41) is 15.5. The Morgan fingerprint density at radius 3 is 2.53 bits per heavy atom. The summed E-state index contributed by atoms with van der Waals surface area (Å²) in [6.45, 7) is 6.56. The minimum atomic E-state index is -0.572. The number of likely N-dealkylation sites (tertiary alicyclic amines) is 1. The zero-order chi connectivity index (χ0) is 22.3. The van der Waals surface area contributed by atoms with Gasteiger partial charge in [-0.3, -0.25) is 4.79 Å². The van der Waals surface area contributed by atoms with Crippen LogP contribution in [0.3, 0.4) is 0 Å². The van der Waals surface area contributed by atoms with Crippen LogP contribution in [0.2, 0.25) is 5.02 Å². The van der Waals surface area contributed by atoms with Crippen molar-refractivity contribution in [1.29, 1.82) is 5.26 Å². The molecule has 8 nitrogen and oxygen atoms in total. The Morgan fingerprint density at radius 1 is 1.30 bits per heavy atom. The number of nitriles is 1. The first-order valence-electron chi connectivity index (χ1n) is 9.62. The second-order valence-electron chi connectivity index (χ2n) is 7.88. The first kappa shape index (κ1) is 23.4. The number of hydrogen-bond acceptors (Lipinski definition) is 6. The van der Waals surface area contributed by atoms with E-state index >= 15 is 0 Å². The molecule has 0 unspecified atom stereocenters. The van der Waals surface area contributed by atoms with Crippen LogP contribution in [0.25, 0.3) is 0 Å². The topological polar surface area (TPSA) is 104 Å². The fourth-order valence-corrected chi connectivity index (χ4v) is 3.04. The molecule has 1 aromatic rings. The summed E-state index contributed by atoms with van der Waals surface area (Å²) in [5.41, 5.74) is -0.233. The Hall–Kier alpha value is -2.92. The Kier molecular flexibility index (Phi) is 7.95. The van der Waals surface area contributed by atoms with Crippen molar-refractivity contribution < 1.29 is 19.1 Å². The van der Waals surface area contributed by atoms with Crippen molar-refractivity contribution in [2.75, 3.05) is 25.5 Å². The molecule has 2 N–H and O–H groups in total. The van der Waals surface area contributed by atoms with Crippen LogP contribution < -0.4 is 15.4 Å². The summed E-state index contributed by atoms with van der Waals surface area (Å²) in [6.07, 6.45) is 2.43. The number of nitrogens with one attached hydrogen (secondary N) is 2. The monoisotopic (exact) mass is 434 g/mol. The third-order valence-electron chi connectivity index (χ3n) is 4.38. The van der Waals surface area contributed by atoms with E-state index < -0.39 is 11.5 Å². The number of amides is 2. The number of piperidine rings is 1. The van der Waals surface area contributed by atoms with E-state index in [-0.39, 0.29) is 17.7 Å². The molecule has 0 aromatic heterocycles. The maximum absolute atomic E-state index is 12.5. The molecule has 1 heterocycles. The van der Waals surface area contributed by atoms with Gasteiger partial charge in [-0.1, -0.05) is 11.6 Å². The minimum absolute atomic E-state index is 0.0422. The number of anilines is 1. The Bertz CT molecular complexity index is 850. The van der Waals surface area contributed by atoms with Gasteiger partial charge >= 0.3 is 6.09 Å². The summed E-state index contributed by atoms with van der Waals surface area (Å²) >= 11 is 5.97. The molecule has 0 radical (unpaired) electrons. The average Bonchev–Trinajstić information content (AvgIpc) is 2.68. The molecule has 0 aliphatic carbocycles. The van der Waals surface area contributed by atoms with E-state index in [1.807, 2.05) is 26.8 Å². The Balaban J connectivity index is 1.92. The molecule has 1 fully saturated rings. The number of carbonyl (C=O) groups excluding carboxylic acids is 2. The molecule has 0 spiro atoms. The SMILES string of the molecule is COc1ccc(Cl)cc1NC(=O)/C(C#N)=C\NC1CCN(C(=O)OC(C)(C)C)CC1. The summed E-state index contributed by atoms with van der Waals surface area (Å²) in [5.74, 6) is -0.135. The van der Waals surface area contributed by atoms with Crippen LogP contribution in [-0.4, -0.2) is 48.7 Å². The second-order valence-corrected chi connectivity index (χ2v) is 8.31. The van der Waals surface area contributed by atoms with Crippen molar-refractivity contribution in [3.8, 4) is 11.8 Å². The van der Waals surface area contributed by atoms with Crippen LogP contribution in [-0.2, 0) is 9.53 Å². The third-order valence-corrected chi connectivity index (χ3v) is 4.62. The van der Waals surface area contributed by atoms with Gasteiger partial charge in [-0.15, -0.1) is 0 Å². The standard InChI is InChI=1S/C21H27ClN4O4/c1-21(2,3)30-20(28)26-9-7-16(8-10-26)24-13-14(12-23)19(27)25-17-11-15(22)5-6-18(17)29-4/h5-6,11,13,16,24H,7-10H2,1-4H3,(H,25,27)/b14-13-. The average molecular weight is 435 g/mol. The van der Waals surface area contributed by atoms with Crippen LogP contribution in [0.1, 0.15) is 33.6 Å². The Labute approximate surface area is 181 Å². The molecule has 0 saturated carbocycles. The highest BCUT2D eigenvalue weighted by molar-refractivity contribution is 6.31. The van der Waals surface area contributed by atoms with E-state index in [0.717, 1.165) is 0 Å². The fraction of sp³-hybridized carbons (Fsp3) is 0.476. The highest BCUT2D eigenvalue weighted by Crippen LogP contribution is 2.28. The number of nitrogens with zero attached hydrogens (tertiary/aromatic N) is 2. The molecular formula is C21H27ClN4O4. The van der Waals surface area contributed by atoms with Crippen LogP contribution in [0.4, 0.5) is 10.5 Å². The highest BCUT2D eigenvalue weighted by atomic mass is 35.5. The molecule has 9 heteroatoms. The van der Waals surface area contributed by atoms with Gasteiger partial charge in [0.2, 0.25) is 0 Å². The van der Waals surface area contributed by atoms with Gasteiger partial charge < -0.3 is 25.0 Å². The minimum Gasteiger partial charge on any atom is -0.495 e. The molecule has 2 rings (SSSR count). The smallest absolute Gasteiger partial charge is 0.410 e. The molecule has 1 aliphatic heterocycles. The predicted molar refractivity (Wildman–Crippen MR) is 114 cm³/mol. The van der Waals surface area contributed by atoms with Crippen LogP contribution in [0.15, 0.2) is 30.0 Å². The van der Waals surface area contributed by atoms with E-state index in [0.29, 0.717) is 42.4 Å². The molecule has 2 amide bonds. The lowest BCUT2D eigenvalue weighted by Gasteiger charge is -2.33. The van der Waals surface area contributed by atoms with E-state index in [4.69, 9.17) is 21.1 Å². The van der Waals surface area contributed by atoms with Gasteiger partial charge in [0, 0.05) is 30.4 Å². The molecule has 1 aliphatic rings. The van der Waals surface area contributed by atoms with E-state index in [1.165, 1.54) is 13.3 Å². The maximum Gasteiger partial charge on any atom is 0.410 e. The molecule has 0 bridgehead atoms. The number of carbonyl (C=O) groups is 2. The fourth-order valence-electron chi connectivity index (χ4n) is 2.87. The predicted octanol–water partition coefficient (Wildman–Crippen LogP) is 3.68. The maximum atomic E-state index is 12.5. The van der Waals surface area contributed by atoms with Crippen LogP contribution >= 0.6 is 11.6 Å². The van der Waals surface area contributed by atoms with Gasteiger partial charge in [-0.2, -0.15) is 5.26 Å². The highest BCUT2D eigenvalue weighted by Gasteiger charge is 2.26. The van der Waals surface area contributed by atoms with Crippen LogP contribution in [0, 0.1) is 11.3 Å². The van der Waals surface area contributed by atoms with E-state index in [2.05, 4.69) is 10.6 Å². The largest absolute Gasteiger partial charge is 0.495 e. The molecular weight excluding hydrogens is 408 g/mol. The molecule has 30 heavy (non-hydrogen) atoms. The number of methoxy groups -OCH3 is 1.